The number of aromatic nitrogens is 1. The summed E-state index contributed by atoms with van der Waals surface area (Å²) in [4.78, 5) is 34.8. The van der Waals surface area contributed by atoms with Gasteiger partial charge in [-0.05, 0) is 18.1 Å². The maximum atomic E-state index is 11.8. The van der Waals surface area contributed by atoms with E-state index in [1.54, 1.807) is 16.8 Å². The van der Waals surface area contributed by atoms with Crippen molar-refractivity contribution in [3.05, 3.63) is 46.5 Å². The summed E-state index contributed by atoms with van der Waals surface area (Å²) in [5, 5.41) is 32.6. The molecular formula is C19H16N2O7S. The number of ether oxygens (including phenoxy) is 1. The molecule has 2 aromatic heterocycles. The van der Waals surface area contributed by atoms with Gasteiger partial charge in [-0.25, -0.2) is 9.59 Å². The molecule has 1 aliphatic rings. The number of carbonyl (C=O) groups excluding carboxylic acids is 1. The lowest BCUT2D eigenvalue weighted by Crippen LogP contribution is -2.22. The maximum Gasteiger partial charge on any atom is 0.394 e. The molecule has 1 amide bonds. The highest BCUT2D eigenvalue weighted by atomic mass is 32.1. The van der Waals surface area contributed by atoms with E-state index in [0.29, 0.717) is 22.2 Å². The van der Waals surface area contributed by atoms with Gasteiger partial charge in [0.15, 0.2) is 5.88 Å². The lowest BCUT2D eigenvalue weighted by molar-refractivity contribution is -0.147. The fraction of sp³-hybridized carbons (Fsp3) is 0.211. The predicted octanol–water partition coefficient (Wildman–Crippen LogP) is 2.44. The molecule has 1 aromatic carbocycles. The number of fused-ring (bicyclic) bond motifs is 2. The predicted molar refractivity (Wildman–Crippen MR) is 104 cm³/mol. The molecule has 29 heavy (non-hydrogen) atoms. The van der Waals surface area contributed by atoms with Crippen LogP contribution in [0.15, 0.2) is 30.5 Å². The summed E-state index contributed by atoms with van der Waals surface area (Å²) in [6.45, 7) is 0.502. The molecule has 0 saturated heterocycles. The standard InChI is InChI=1S/C19H16N2O7S/c22-15(19(26)27)20-16-13(18(24)25)11-5-6-28-12(14(11)29-16)8-21-7-9-3-1-2-4-10(9)17(21)23/h1-4,7,12,23H,5-6,8H2,(H,20,22)(H,24,25)(H,26,27). The summed E-state index contributed by atoms with van der Waals surface area (Å²) in [6, 6.07) is 7.34. The number of nitrogens with zero attached hydrogens (tertiary/aromatic N) is 1. The molecule has 0 saturated carbocycles. The van der Waals surface area contributed by atoms with Crippen LogP contribution in [0, 0.1) is 0 Å². The molecule has 4 N–H and O–H groups in total. The van der Waals surface area contributed by atoms with Crippen LogP contribution in [0.4, 0.5) is 5.00 Å². The van der Waals surface area contributed by atoms with Gasteiger partial charge in [-0.15, -0.1) is 11.3 Å². The van der Waals surface area contributed by atoms with Gasteiger partial charge < -0.3 is 29.9 Å². The van der Waals surface area contributed by atoms with Gasteiger partial charge in [0.2, 0.25) is 0 Å². The number of carboxylic acid groups (broad SMARTS) is 2. The lowest BCUT2D eigenvalue weighted by Gasteiger charge is -2.24. The first kappa shape index (κ1) is 19.0. The zero-order chi connectivity index (χ0) is 20.7. The van der Waals surface area contributed by atoms with Crippen LogP contribution in [0.1, 0.15) is 26.9 Å². The number of nitrogens with one attached hydrogen (secondary N) is 1. The number of aromatic carboxylic acids is 1. The van der Waals surface area contributed by atoms with E-state index >= 15 is 0 Å². The third-order valence-corrected chi connectivity index (χ3v) is 6.01. The molecule has 1 aliphatic heterocycles. The highest BCUT2D eigenvalue weighted by molar-refractivity contribution is 7.17. The molecular weight excluding hydrogens is 400 g/mol. The third kappa shape index (κ3) is 3.32. The smallest absolute Gasteiger partial charge is 0.394 e. The Hall–Kier alpha value is -3.37. The first-order valence-corrected chi connectivity index (χ1v) is 9.50. The lowest BCUT2D eigenvalue weighted by atomic mass is 10.0. The fourth-order valence-corrected chi connectivity index (χ4v) is 4.77. The Balaban J connectivity index is 1.72. The summed E-state index contributed by atoms with van der Waals surface area (Å²) in [5.74, 6) is -4.19. The van der Waals surface area contributed by atoms with E-state index in [4.69, 9.17) is 9.84 Å². The number of amides is 1. The second-order valence-electron chi connectivity index (χ2n) is 6.52. The van der Waals surface area contributed by atoms with E-state index < -0.39 is 23.9 Å². The van der Waals surface area contributed by atoms with Gasteiger partial charge in [0.1, 0.15) is 11.1 Å². The van der Waals surface area contributed by atoms with Crippen molar-refractivity contribution >= 4 is 45.0 Å². The third-order valence-electron chi connectivity index (χ3n) is 4.77. The van der Waals surface area contributed by atoms with Gasteiger partial charge in [0, 0.05) is 21.8 Å². The van der Waals surface area contributed by atoms with Crippen LogP contribution in [0.3, 0.4) is 0 Å². The molecule has 1 unspecified atom stereocenters. The average molecular weight is 416 g/mol. The average Bonchev–Trinajstić information content (AvgIpc) is 3.20. The largest absolute Gasteiger partial charge is 0.494 e. The molecule has 3 aromatic rings. The zero-order valence-electron chi connectivity index (χ0n) is 14.9. The summed E-state index contributed by atoms with van der Waals surface area (Å²) < 4.78 is 7.44. The topological polar surface area (TPSA) is 138 Å². The van der Waals surface area contributed by atoms with Crippen molar-refractivity contribution < 1.29 is 34.4 Å². The minimum absolute atomic E-state index is 0.0349. The molecule has 150 valence electrons. The van der Waals surface area contributed by atoms with Crippen molar-refractivity contribution in [1.29, 1.82) is 0 Å². The number of rotatable bonds is 4. The number of anilines is 1. The highest BCUT2D eigenvalue weighted by Crippen LogP contribution is 2.42. The van der Waals surface area contributed by atoms with E-state index in [9.17, 15) is 24.6 Å². The normalized spacial score (nSPS) is 15.8. The summed E-state index contributed by atoms with van der Waals surface area (Å²) >= 11 is 0.980. The Morgan fingerprint density at radius 2 is 2.00 bits per heavy atom. The van der Waals surface area contributed by atoms with Gasteiger partial charge >= 0.3 is 17.8 Å². The van der Waals surface area contributed by atoms with Crippen LogP contribution >= 0.6 is 11.3 Å². The molecule has 0 bridgehead atoms. The number of hydrogen-bond donors (Lipinski definition) is 4. The first-order valence-electron chi connectivity index (χ1n) is 8.68. The number of aromatic hydroxyl groups is 1. The van der Waals surface area contributed by atoms with Crippen LogP contribution in [-0.2, 0) is 27.3 Å². The number of hydrogen-bond acceptors (Lipinski definition) is 6. The Kier molecular flexibility index (Phi) is 4.73. The van der Waals surface area contributed by atoms with Crippen molar-refractivity contribution in [2.45, 2.75) is 19.1 Å². The quantitative estimate of drug-likeness (QED) is 0.479. The number of benzene rings is 1. The molecule has 10 heteroatoms. The minimum atomic E-state index is -1.70. The zero-order valence-corrected chi connectivity index (χ0v) is 15.7. The van der Waals surface area contributed by atoms with E-state index in [1.807, 2.05) is 18.2 Å². The van der Waals surface area contributed by atoms with E-state index in [1.165, 1.54) is 0 Å². The Bertz CT molecular complexity index is 1150. The van der Waals surface area contributed by atoms with Gasteiger partial charge in [-0.1, -0.05) is 18.2 Å². The molecule has 0 radical (unpaired) electrons. The fourth-order valence-electron chi connectivity index (χ4n) is 3.49. The Morgan fingerprint density at radius 1 is 1.24 bits per heavy atom. The van der Waals surface area contributed by atoms with Crippen molar-refractivity contribution in [2.24, 2.45) is 0 Å². The summed E-state index contributed by atoms with van der Waals surface area (Å²) in [5.41, 5.74) is 0.394. The number of thiophene rings is 1. The van der Waals surface area contributed by atoms with Crippen LogP contribution in [0.5, 0.6) is 5.88 Å². The molecule has 1 atom stereocenters. The van der Waals surface area contributed by atoms with Gasteiger partial charge in [-0.3, -0.25) is 4.79 Å². The van der Waals surface area contributed by atoms with Gasteiger partial charge in [-0.2, -0.15) is 0 Å². The minimum Gasteiger partial charge on any atom is -0.494 e. The molecule has 9 nitrogen and oxygen atoms in total. The van der Waals surface area contributed by atoms with Gasteiger partial charge in [0.25, 0.3) is 0 Å². The second kappa shape index (κ2) is 7.22. The Labute approximate surface area is 167 Å². The van der Waals surface area contributed by atoms with E-state index in [2.05, 4.69) is 5.32 Å². The summed E-state index contributed by atoms with van der Waals surface area (Å²) in [6.07, 6.45) is 1.55. The summed E-state index contributed by atoms with van der Waals surface area (Å²) in [7, 11) is 0. The van der Waals surface area contributed by atoms with E-state index in [-0.39, 0.29) is 29.6 Å². The van der Waals surface area contributed by atoms with Crippen molar-refractivity contribution in [1.82, 2.24) is 4.57 Å². The number of carboxylic acids is 2. The van der Waals surface area contributed by atoms with Crippen LogP contribution in [0.25, 0.3) is 10.8 Å². The Morgan fingerprint density at radius 3 is 2.69 bits per heavy atom. The van der Waals surface area contributed by atoms with Crippen LogP contribution < -0.4 is 5.32 Å². The molecule has 0 fully saturated rings. The molecule has 3 heterocycles. The van der Waals surface area contributed by atoms with Gasteiger partial charge in [0.05, 0.1) is 18.7 Å². The monoisotopic (exact) mass is 416 g/mol. The first-order chi connectivity index (χ1) is 13.9. The van der Waals surface area contributed by atoms with E-state index in [0.717, 1.165) is 16.7 Å². The van der Waals surface area contributed by atoms with Crippen LogP contribution in [0.2, 0.25) is 0 Å². The molecule has 0 spiro atoms. The second-order valence-corrected chi connectivity index (χ2v) is 7.57. The number of carbonyl (C=O) groups is 3. The van der Waals surface area contributed by atoms with Crippen molar-refractivity contribution in [3.63, 3.8) is 0 Å². The maximum absolute atomic E-state index is 11.8. The van der Waals surface area contributed by atoms with Crippen molar-refractivity contribution in [2.75, 3.05) is 11.9 Å². The molecule has 0 aliphatic carbocycles. The van der Waals surface area contributed by atoms with Crippen molar-refractivity contribution in [3.8, 4) is 5.88 Å². The number of aliphatic carboxylic acids is 1. The molecule has 4 rings (SSSR count). The highest BCUT2D eigenvalue weighted by Gasteiger charge is 2.33. The van der Waals surface area contributed by atoms with Crippen LogP contribution in [-0.4, -0.2) is 44.3 Å². The SMILES string of the molecule is O=C(O)C(=O)Nc1sc2c(c1C(=O)O)CCOC2Cn1cc2ccccc2c1O.